The van der Waals surface area contributed by atoms with Crippen LogP contribution in [0.4, 0.5) is 0 Å². The number of hydrogen-bond acceptors (Lipinski definition) is 2. The van der Waals surface area contributed by atoms with Gasteiger partial charge in [0.1, 0.15) is 0 Å². The van der Waals surface area contributed by atoms with Crippen LogP contribution in [0.15, 0.2) is 35.5 Å². The van der Waals surface area contributed by atoms with Crippen molar-refractivity contribution < 1.29 is 0 Å². The molecule has 0 heterocycles. The molecule has 1 rings (SSSR count). The largest absolute Gasteiger partial charge is 0.135 e. The second-order valence-electron chi connectivity index (χ2n) is 1.69. The highest BCUT2D eigenvalue weighted by Gasteiger charge is 1.79. The van der Waals surface area contributed by atoms with Gasteiger partial charge in [-0.3, -0.25) is 0 Å². The Morgan fingerprint density at radius 1 is 1.20 bits per heavy atom. The van der Waals surface area contributed by atoms with Crippen LogP contribution in [0, 0.1) is 16.9 Å². The standard InChI is InChI=1S/C8H5NO/c10-9-7-6-8-4-2-1-3-5-8/h1-5H. The van der Waals surface area contributed by atoms with Gasteiger partial charge in [-0.2, -0.15) is 0 Å². The Hall–Kier alpha value is -1.62. The van der Waals surface area contributed by atoms with Gasteiger partial charge in [-0.05, 0) is 18.1 Å². The van der Waals surface area contributed by atoms with E-state index in [1.54, 1.807) is 0 Å². The minimum atomic E-state index is 0.808. The molecule has 1 aromatic rings. The van der Waals surface area contributed by atoms with E-state index in [1.165, 1.54) is 0 Å². The molecule has 0 bridgehead atoms. The zero-order valence-electron chi connectivity index (χ0n) is 5.24. The first-order valence-electron chi connectivity index (χ1n) is 2.82. The first-order chi connectivity index (χ1) is 4.93. The molecular formula is C8H5NO. The van der Waals surface area contributed by atoms with Gasteiger partial charge in [0.15, 0.2) is 0 Å². The molecule has 0 saturated carbocycles. The average Bonchev–Trinajstić information content (AvgIpc) is 2.03. The van der Waals surface area contributed by atoms with E-state index >= 15 is 0 Å². The van der Waals surface area contributed by atoms with Crippen molar-refractivity contribution in [1.29, 1.82) is 0 Å². The third-order valence-corrected chi connectivity index (χ3v) is 1.02. The van der Waals surface area contributed by atoms with Gasteiger partial charge in [0.2, 0.25) is 0 Å². The zero-order chi connectivity index (χ0) is 7.23. The van der Waals surface area contributed by atoms with E-state index in [2.05, 4.69) is 17.1 Å². The zero-order valence-corrected chi connectivity index (χ0v) is 5.24. The Bertz CT molecular complexity index is 268. The lowest BCUT2D eigenvalue weighted by atomic mass is 10.2. The molecule has 0 radical (unpaired) electrons. The van der Waals surface area contributed by atoms with Gasteiger partial charge in [-0.15, -0.1) is 4.91 Å². The Morgan fingerprint density at radius 2 is 1.90 bits per heavy atom. The van der Waals surface area contributed by atoms with Gasteiger partial charge in [-0.25, -0.2) is 0 Å². The summed E-state index contributed by atoms with van der Waals surface area (Å²) < 4.78 is 0. The summed E-state index contributed by atoms with van der Waals surface area (Å²) in [4.78, 5) is 9.55. The van der Waals surface area contributed by atoms with Crippen LogP contribution < -0.4 is 0 Å². The molecule has 1 aromatic carbocycles. The first-order valence-corrected chi connectivity index (χ1v) is 2.82. The summed E-state index contributed by atoms with van der Waals surface area (Å²) in [5.74, 6) is 2.57. The van der Waals surface area contributed by atoms with Gasteiger partial charge < -0.3 is 0 Å². The SMILES string of the molecule is O=NC#Cc1ccccc1. The maximum Gasteiger partial charge on any atom is 0.0859 e. The predicted molar refractivity (Wildman–Crippen MR) is 39.1 cm³/mol. The van der Waals surface area contributed by atoms with Crippen LogP contribution in [0.5, 0.6) is 0 Å². The molecule has 0 aliphatic carbocycles. The molecule has 0 N–H and O–H groups in total. The van der Waals surface area contributed by atoms with Crippen LogP contribution in [0.3, 0.4) is 0 Å². The number of rotatable bonds is 0. The number of nitroso groups, excluding NO2 is 1. The van der Waals surface area contributed by atoms with Gasteiger partial charge in [0.25, 0.3) is 0 Å². The molecule has 0 aliphatic heterocycles. The molecule has 0 amide bonds. The Kier molecular flexibility index (Phi) is 2.22. The van der Waals surface area contributed by atoms with Crippen molar-refractivity contribution in [2.45, 2.75) is 0 Å². The van der Waals surface area contributed by atoms with E-state index in [9.17, 15) is 4.91 Å². The Balaban J connectivity index is 2.86. The fourth-order valence-electron chi connectivity index (χ4n) is 0.609. The molecule has 2 heteroatoms. The molecule has 48 valence electrons. The van der Waals surface area contributed by atoms with Crippen LogP contribution in [-0.4, -0.2) is 0 Å². The monoisotopic (exact) mass is 131 g/mol. The van der Waals surface area contributed by atoms with E-state index in [0.717, 1.165) is 5.56 Å². The van der Waals surface area contributed by atoms with Crippen molar-refractivity contribution in [3.05, 3.63) is 40.8 Å². The number of nitrogens with zero attached hydrogens (tertiary/aromatic N) is 1. The predicted octanol–water partition coefficient (Wildman–Crippen LogP) is 1.76. The second kappa shape index (κ2) is 3.41. The van der Waals surface area contributed by atoms with E-state index < -0.39 is 0 Å². The summed E-state index contributed by atoms with van der Waals surface area (Å²) >= 11 is 0. The van der Waals surface area contributed by atoms with E-state index in [1.807, 2.05) is 30.3 Å². The number of hydrogen-bond donors (Lipinski definition) is 0. The normalized spacial score (nSPS) is 7.60. The molecule has 0 aliphatic rings. The van der Waals surface area contributed by atoms with Crippen molar-refractivity contribution in [3.63, 3.8) is 0 Å². The third kappa shape index (κ3) is 1.71. The van der Waals surface area contributed by atoms with Gasteiger partial charge in [-0.1, -0.05) is 18.2 Å². The highest BCUT2D eigenvalue weighted by atomic mass is 16.2. The van der Waals surface area contributed by atoms with Crippen LogP contribution in [0.25, 0.3) is 0 Å². The quantitative estimate of drug-likeness (QED) is 0.389. The summed E-state index contributed by atoms with van der Waals surface area (Å²) in [6, 6.07) is 11.3. The molecule has 0 saturated heterocycles. The lowest BCUT2D eigenvalue weighted by molar-refractivity contribution is 1.60. The summed E-state index contributed by atoms with van der Waals surface area (Å²) in [6.07, 6.45) is 0. The molecule has 0 spiro atoms. The number of benzene rings is 1. The van der Waals surface area contributed by atoms with E-state index in [4.69, 9.17) is 0 Å². The Morgan fingerprint density at radius 3 is 2.50 bits per heavy atom. The average molecular weight is 131 g/mol. The van der Waals surface area contributed by atoms with Crippen molar-refractivity contribution >= 4 is 0 Å². The van der Waals surface area contributed by atoms with Crippen LogP contribution in [0.2, 0.25) is 0 Å². The summed E-state index contributed by atoms with van der Waals surface area (Å²) in [7, 11) is 0. The second-order valence-corrected chi connectivity index (χ2v) is 1.69. The van der Waals surface area contributed by atoms with Crippen LogP contribution in [-0.2, 0) is 0 Å². The van der Waals surface area contributed by atoms with Crippen molar-refractivity contribution in [2.24, 2.45) is 5.18 Å². The minimum absolute atomic E-state index is 0.808. The van der Waals surface area contributed by atoms with Crippen LogP contribution >= 0.6 is 0 Å². The molecule has 0 atom stereocenters. The lowest BCUT2D eigenvalue weighted by Crippen LogP contribution is -1.68. The van der Waals surface area contributed by atoms with Gasteiger partial charge in [0, 0.05) is 10.7 Å². The van der Waals surface area contributed by atoms with E-state index in [-0.39, 0.29) is 0 Å². The van der Waals surface area contributed by atoms with Crippen LogP contribution in [0.1, 0.15) is 5.56 Å². The third-order valence-electron chi connectivity index (χ3n) is 1.02. The molecule has 10 heavy (non-hydrogen) atoms. The highest BCUT2D eigenvalue weighted by Crippen LogP contribution is 1.93. The maximum absolute atomic E-state index is 9.55. The van der Waals surface area contributed by atoms with Crippen molar-refractivity contribution in [1.82, 2.24) is 0 Å². The Labute approximate surface area is 58.9 Å². The lowest BCUT2D eigenvalue weighted by Gasteiger charge is -1.82. The minimum Gasteiger partial charge on any atom is -0.135 e. The molecule has 2 nitrogen and oxygen atoms in total. The first kappa shape index (κ1) is 6.50. The summed E-state index contributed by atoms with van der Waals surface area (Å²) in [5.41, 5.74) is 0.808. The highest BCUT2D eigenvalue weighted by molar-refractivity contribution is 5.33. The molecular weight excluding hydrogens is 126 g/mol. The summed E-state index contributed by atoms with van der Waals surface area (Å²) in [5, 5.41) is 2.42. The molecule has 0 aromatic heterocycles. The topological polar surface area (TPSA) is 29.4 Å². The summed E-state index contributed by atoms with van der Waals surface area (Å²) in [6.45, 7) is 0. The molecule has 0 unspecified atom stereocenters. The fourth-order valence-corrected chi connectivity index (χ4v) is 0.609. The van der Waals surface area contributed by atoms with Gasteiger partial charge >= 0.3 is 0 Å². The van der Waals surface area contributed by atoms with E-state index in [0.29, 0.717) is 0 Å². The van der Waals surface area contributed by atoms with Crippen molar-refractivity contribution in [3.8, 4) is 12.0 Å². The van der Waals surface area contributed by atoms with Crippen molar-refractivity contribution in [2.75, 3.05) is 0 Å². The molecule has 0 fully saturated rings. The maximum atomic E-state index is 9.55. The smallest absolute Gasteiger partial charge is 0.0859 e. The van der Waals surface area contributed by atoms with Gasteiger partial charge in [0.05, 0.1) is 6.04 Å². The fraction of sp³-hybridized carbons (Fsp3) is 0.